The molecule has 0 unspecified atom stereocenters. The number of rotatable bonds is 18. The van der Waals surface area contributed by atoms with Crippen molar-refractivity contribution < 1.29 is 0 Å². The predicted molar refractivity (Wildman–Crippen MR) is 117 cm³/mol. The van der Waals surface area contributed by atoms with Crippen LogP contribution >= 0.6 is 0 Å². The Morgan fingerprint density at radius 1 is 0.500 bits per heavy atom. The van der Waals surface area contributed by atoms with Crippen LogP contribution in [0.5, 0.6) is 0 Å². The van der Waals surface area contributed by atoms with Gasteiger partial charge in [-0.2, -0.15) is 0 Å². The summed E-state index contributed by atoms with van der Waals surface area (Å²) in [7, 11) is 0. The fraction of sp³-hybridized carbons (Fsp3) is 0.917. The summed E-state index contributed by atoms with van der Waals surface area (Å²) in [5, 5.41) is 0. The van der Waals surface area contributed by atoms with Crippen LogP contribution in [0, 0.1) is 0 Å². The van der Waals surface area contributed by atoms with Crippen LogP contribution in [-0.4, -0.2) is 29.1 Å². The molecular weight excluding hydrogens is 316 g/mol. The van der Waals surface area contributed by atoms with E-state index in [2.05, 4.69) is 43.0 Å². The van der Waals surface area contributed by atoms with Gasteiger partial charge in [-0.15, -0.1) is 0 Å². The maximum Gasteiger partial charge on any atom is 0.101 e. The summed E-state index contributed by atoms with van der Waals surface area (Å²) in [5.74, 6) is 0. The maximum absolute atomic E-state index is 2.49. The Balaban J connectivity index is 1.82. The van der Waals surface area contributed by atoms with Gasteiger partial charge < -0.3 is 9.80 Å². The standard InChI is InChI=1S/C24H48N2/c1-4-7-8-9-10-11-12-13-14-15-16-17-18-19-20-21-24-25(5-2)22-23-26(24)6-3/h22-24H,4-21H2,1-3H3. The monoisotopic (exact) mass is 364 g/mol. The predicted octanol–water partition coefficient (Wildman–Crippen LogP) is 7.70. The lowest BCUT2D eigenvalue weighted by atomic mass is 10.0. The van der Waals surface area contributed by atoms with Gasteiger partial charge >= 0.3 is 0 Å². The Morgan fingerprint density at radius 3 is 1.19 bits per heavy atom. The molecule has 0 fully saturated rings. The van der Waals surface area contributed by atoms with Crippen molar-refractivity contribution in [2.45, 2.75) is 130 Å². The number of nitrogens with zero attached hydrogens (tertiary/aromatic N) is 2. The first-order valence-electron chi connectivity index (χ1n) is 12.0. The van der Waals surface area contributed by atoms with E-state index in [0.29, 0.717) is 6.17 Å². The number of hydrogen-bond acceptors (Lipinski definition) is 2. The zero-order valence-corrected chi connectivity index (χ0v) is 18.4. The van der Waals surface area contributed by atoms with Crippen LogP contribution in [0.2, 0.25) is 0 Å². The van der Waals surface area contributed by atoms with Gasteiger partial charge in [0.25, 0.3) is 0 Å². The first-order chi connectivity index (χ1) is 12.8. The van der Waals surface area contributed by atoms with E-state index in [1.165, 1.54) is 103 Å². The van der Waals surface area contributed by atoms with E-state index in [0.717, 1.165) is 13.1 Å². The van der Waals surface area contributed by atoms with Crippen molar-refractivity contribution in [3.8, 4) is 0 Å². The van der Waals surface area contributed by atoms with Gasteiger partial charge in [-0.3, -0.25) is 0 Å². The molecule has 0 aromatic heterocycles. The molecule has 1 rings (SSSR count). The smallest absolute Gasteiger partial charge is 0.101 e. The Hall–Kier alpha value is -0.660. The summed E-state index contributed by atoms with van der Waals surface area (Å²) in [6, 6.07) is 0. The Labute approximate surface area is 165 Å². The molecule has 0 aliphatic carbocycles. The van der Waals surface area contributed by atoms with E-state index >= 15 is 0 Å². The van der Waals surface area contributed by atoms with E-state index in [9.17, 15) is 0 Å². The summed E-state index contributed by atoms with van der Waals surface area (Å²) in [6.45, 7) is 9.10. The highest BCUT2D eigenvalue weighted by Crippen LogP contribution is 2.21. The Kier molecular flexibility index (Phi) is 14.8. The van der Waals surface area contributed by atoms with Crippen LogP contribution in [0.3, 0.4) is 0 Å². The zero-order valence-electron chi connectivity index (χ0n) is 18.4. The van der Waals surface area contributed by atoms with E-state index in [-0.39, 0.29) is 0 Å². The van der Waals surface area contributed by atoms with E-state index in [1.54, 1.807) is 0 Å². The lowest BCUT2D eigenvalue weighted by Crippen LogP contribution is -2.38. The van der Waals surface area contributed by atoms with E-state index in [4.69, 9.17) is 0 Å². The van der Waals surface area contributed by atoms with Gasteiger partial charge in [-0.25, -0.2) is 0 Å². The normalized spacial score (nSPS) is 14.7. The van der Waals surface area contributed by atoms with Crippen LogP contribution in [0.4, 0.5) is 0 Å². The topological polar surface area (TPSA) is 6.48 Å². The third-order valence-corrected chi connectivity index (χ3v) is 6.01. The molecule has 1 heterocycles. The van der Waals surface area contributed by atoms with Crippen molar-refractivity contribution in [3.63, 3.8) is 0 Å². The molecular formula is C24H48N2. The van der Waals surface area contributed by atoms with E-state index in [1.807, 2.05) is 0 Å². The average molecular weight is 365 g/mol. The maximum atomic E-state index is 2.49. The molecule has 0 spiro atoms. The molecule has 1 aliphatic heterocycles. The van der Waals surface area contributed by atoms with Crippen molar-refractivity contribution in [1.82, 2.24) is 9.80 Å². The highest BCUT2D eigenvalue weighted by molar-refractivity contribution is 4.95. The lowest BCUT2D eigenvalue weighted by molar-refractivity contribution is 0.149. The third kappa shape index (κ3) is 10.5. The first-order valence-corrected chi connectivity index (χ1v) is 12.0. The van der Waals surface area contributed by atoms with Crippen molar-refractivity contribution in [1.29, 1.82) is 0 Å². The second-order valence-corrected chi connectivity index (χ2v) is 8.18. The van der Waals surface area contributed by atoms with Crippen molar-refractivity contribution >= 4 is 0 Å². The van der Waals surface area contributed by atoms with Crippen LogP contribution in [0.1, 0.15) is 124 Å². The van der Waals surface area contributed by atoms with Crippen molar-refractivity contribution in [2.24, 2.45) is 0 Å². The van der Waals surface area contributed by atoms with Crippen LogP contribution < -0.4 is 0 Å². The van der Waals surface area contributed by atoms with Gasteiger partial charge in [0, 0.05) is 25.5 Å². The Bertz CT molecular complexity index is 312. The van der Waals surface area contributed by atoms with Gasteiger partial charge in [0.15, 0.2) is 0 Å². The number of unbranched alkanes of at least 4 members (excludes halogenated alkanes) is 14. The highest BCUT2D eigenvalue weighted by atomic mass is 15.4. The van der Waals surface area contributed by atoms with Gasteiger partial charge in [-0.1, -0.05) is 96.8 Å². The molecule has 2 heteroatoms. The summed E-state index contributed by atoms with van der Waals surface area (Å²) in [6.07, 6.45) is 28.2. The fourth-order valence-corrected chi connectivity index (χ4v) is 4.22. The van der Waals surface area contributed by atoms with E-state index < -0.39 is 0 Å². The van der Waals surface area contributed by atoms with Crippen LogP contribution in [0.15, 0.2) is 12.4 Å². The Morgan fingerprint density at radius 2 is 0.846 bits per heavy atom. The summed E-state index contributed by atoms with van der Waals surface area (Å²) < 4.78 is 0. The molecule has 0 N–H and O–H groups in total. The molecule has 0 bridgehead atoms. The van der Waals surface area contributed by atoms with Crippen molar-refractivity contribution in [3.05, 3.63) is 12.4 Å². The van der Waals surface area contributed by atoms with Crippen LogP contribution in [-0.2, 0) is 0 Å². The third-order valence-electron chi connectivity index (χ3n) is 6.01. The number of hydrogen-bond donors (Lipinski definition) is 0. The summed E-state index contributed by atoms with van der Waals surface area (Å²) in [4.78, 5) is 4.99. The van der Waals surface area contributed by atoms with Gasteiger partial charge in [0.1, 0.15) is 6.17 Å². The van der Waals surface area contributed by atoms with Gasteiger partial charge in [0.2, 0.25) is 0 Å². The molecule has 2 nitrogen and oxygen atoms in total. The quantitative estimate of drug-likeness (QED) is 0.230. The SMILES string of the molecule is CCCCCCCCCCCCCCCCCC1N(CC)C=CN1CC. The summed E-state index contributed by atoms with van der Waals surface area (Å²) >= 11 is 0. The molecule has 0 atom stereocenters. The first kappa shape index (κ1) is 23.4. The average Bonchev–Trinajstić information content (AvgIpc) is 3.06. The molecule has 0 aromatic rings. The molecule has 0 radical (unpaired) electrons. The highest BCUT2D eigenvalue weighted by Gasteiger charge is 2.22. The second-order valence-electron chi connectivity index (χ2n) is 8.18. The zero-order chi connectivity index (χ0) is 18.9. The molecule has 0 saturated heterocycles. The minimum Gasteiger partial charge on any atom is -0.356 e. The minimum atomic E-state index is 0.631. The molecule has 1 aliphatic rings. The minimum absolute atomic E-state index is 0.631. The summed E-state index contributed by atoms with van der Waals surface area (Å²) in [5.41, 5.74) is 0. The van der Waals surface area contributed by atoms with Gasteiger partial charge in [0.05, 0.1) is 0 Å². The largest absolute Gasteiger partial charge is 0.356 e. The second kappa shape index (κ2) is 16.5. The molecule has 0 aromatic carbocycles. The lowest BCUT2D eigenvalue weighted by Gasteiger charge is -2.31. The fourth-order valence-electron chi connectivity index (χ4n) is 4.22. The van der Waals surface area contributed by atoms with Crippen molar-refractivity contribution in [2.75, 3.05) is 13.1 Å². The molecule has 154 valence electrons. The van der Waals surface area contributed by atoms with Gasteiger partial charge in [-0.05, 0) is 26.7 Å². The molecule has 26 heavy (non-hydrogen) atoms. The molecule has 0 amide bonds. The molecule has 0 saturated carbocycles. The van der Waals surface area contributed by atoms with Crippen LogP contribution in [0.25, 0.3) is 0 Å².